The second-order valence-corrected chi connectivity index (χ2v) is 7.11. The molecule has 146 valence electrons. The number of hydrogen-bond donors (Lipinski definition) is 3. The van der Waals surface area contributed by atoms with Crippen LogP contribution < -0.4 is 15.4 Å². The smallest absolute Gasteiger partial charge is 0.243 e. The number of anilines is 2. The summed E-state index contributed by atoms with van der Waals surface area (Å²) in [5.41, 5.74) is 1.34. The molecule has 28 heavy (non-hydrogen) atoms. The van der Waals surface area contributed by atoms with Gasteiger partial charge in [-0.15, -0.1) is 0 Å². The summed E-state index contributed by atoms with van der Waals surface area (Å²) in [5.74, 6) is 0.610. The SMILES string of the molecule is C=CC(=O)NC1CCC(Oc2nc(Nc3cnn(C)c3)nc3[nH]cc(Cl)c23)C1. The molecule has 1 amide bonds. The van der Waals surface area contributed by atoms with Gasteiger partial charge in [-0.25, -0.2) is 0 Å². The van der Waals surface area contributed by atoms with Crippen LogP contribution >= 0.6 is 11.6 Å². The Morgan fingerprint density at radius 2 is 2.32 bits per heavy atom. The van der Waals surface area contributed by atoms with Crippen molar-refractivity contribution in [2.75, 3.05) is 5.32 Å². The van der Waals surface area contributed by atoms with Gasteiger partial charge in [0.25, 0.3) is 0 Å². The molecule has 1 saturated carbocycles. The first-order chi connectivity index (χ1) is 13.5. The van der Waals surface area contributed by atoms with Gasteiger partial charge in [0.05, 0.1) is 22.3 Å². The summed E-state index contributed by atoms with van der Waals surface area (Å²) in [7, 11) is 1.83. The molecular weight excluding hydrogens is 382 g/mol. The first kappa shape index (κ1) is 18.3. The van der Waals surface area contributed by atoms with Gasteiger partial charge >= 0.3 is 0 Å². The Morgan fingerprint density at radius 3 is 3.07 bits per heavy atom. The number of nitrogens with zero attached hydrogens (tertiary/aromatic N) is 4. The van der Waals surface area contributed by atoms with E-state index in [0.29, 0.717) is 34.3 Å². The minimum absolute atomic E-state index is 0.0579. The number of aromatic amines is 1. The second kappa shape index (κ2) is 7.51. The van der Waals surface area contributed by atoms with Crippen molar-refractivity contribution in [2.45, 2.75) is 31.4 Å². The first-order valence-corrected chi connectivity index (χ1v) is 9.29. The van der Waals surface area contributed by atoms with Crippen LogP contribution in [0.1, 0.15) is 19.3 Å². The quantitative estimate of drug-likeness (QED) is 0.548. The Hall–Kier alpha value is -3.07. The van der Waals surface area contributed by atoms with E-state index in [-0.39, 0.29) is 18.1 Å². The van der Waals surface area contributed by atoms with Gasteiger partial charge < -0.3 is 20.4 Å². The van der Waals surface area contributed by atoms with E-state index in [1.807, 2.05) is 13.2 Å². The van der Waals surface area contributed by atoms with Gasteiger partial charge in [-0.3, -0.25) is 9.48 Å². The molecule has 4 rings (SSSR count). The molecule has 0 aromatic carbocycles. The molecule has 0 spiro atoms. The highest BCUT2D eigenvalue weighted by Gasteiger charge is 2.28. The van der Waals surface area contributed by atoms with Crippen LogP contribution in [0.5, 0.6) is 5.88 Å². The molecule has 1 aliphatic rings. The lowest BCUT2D eigenvalue weighted by molar-refractivity contribution is -0.117. The predicted octanol–water partition coefficient (Wildman–Crippen LogP) is 2.69. The monoisotopic (exact) mass is 401 g/mol. The van der Waals surface area contributed by atoms with Crippen molar-refractivity contribution < 1.29 is 9.53 Å². The number of fused-ring (bicyclic) bond motifs is 1. The van der Waals surface area contributed by atoms with Crippen molar-refractivity contribution in [1.29, 1.82) is 0 Å². The summed E-state index contributed by atoms with van der Waals surface area (Å²) in [6.07, 6.45) is 8.69. The number of halogens is 1. The number of nitrogens with one attached hydrogen (secondary N) is 3. The van der Waals surface area contributed by atoms with Crippen LogP contribution in [-0.2, 0) is 11.8 Å². The van der Waals surface area contributed by atoms with E-state index in [1.165, 1.54) is 6.08 Å². The second-order valence-electron chi connectivity index (χ2n) is 6.70. The summed E-state index contributed by atoms with van der Waals surface area (Å²) in [6, 6.07) is 0.0579. The zero-order chi connectivity index (χ0) is 19.7. The number of H-pyrrole nitrogens is 1. The maximum atomic E-state index is 11.5. The maximum Gasteiger partial charge on any atom is 0.243 e. The predicted molar refractivity (Wildman–Crippen MR) is 106 cm³/mol. The number of carbonyl (C=O) groups is 1. The van der Waals surface area contributed by atoms with Crippen molar-refractivity contribution in [2.24, 2.45) is 7.05 Å². The van der Waals surface area contributed by atoms with Gasteiger partial charge in [-0.1, -0.05) is 18.2 Å². The minimum atomic E-state index is -0.174. The Kier molecular flexibility index (Phi) is 4.91. The Morgan fingerprint density at radius 1 is 1.46 bits per heavy atom. The molecular formula is C18H20ClN7O2. The molecule has 0 aliphatic heterocycles. The van der Waals surface area contributed by atoms with Crippen LogP contribution in [-0.4, -0.2) is 42.8 Å². The molecule has 0 bridgehead atoms. The lowest BCUT2D eigenvalue weighted by Gasteiger charge is -2.15. The summed E-state index contributed by atoms with van der Waals surface area (Å²) < 4.78 is 7.84. The molecule has 2 unspecified atom stereocenters. The zero-order valence-electron chi connectivity index (χ0n) is 15.3. The van der Waals surface area contributed by atoms with E-state index >= 15 is 0 Å². The minimum Gasteiger partial charge on any atom is -0.474 e. The molecule has 3 aromatic heterocycles. The third-order valence-corrected chi connectivity index (χ3v) is 4.90. The molecule has 2 atom stereocenters. The van der Waals surface area contributed by atoms with Crippen LogP contribution in [0.2, 0.25) is 5.02 Å². The summed E-state index contributed by atoms with van der Waals surface area (Å²) in [4.78, 5) is 23.5. The van der Waals surface area contributed by atoms with Crippen LogP contribution in [0.15, 0.2) is 31.2 Å². The summed E-state index contributed by atoms with van der Waals surface area (Å²) >= 11 is 6.30. The normalized spacial score (nSPS) is 18.9. The number of aromatic nitrogens is 5. The molecule has 3 aromatic rings. The largest absolute Gasteiger partial charge is 0.474 e. The molecule has 1 fully saturated rings. The van der Waals surface area contributed by atoms with Crippen molar-refractivity contribution >= 4 is 40.2 Å². The zero-order valence-corrected chi connectivity index (χ0v) is 16.0. The molecule has 1 aliphatic carbocycles. The number of carbonyl (C=O) groups excluding carboxylic acids is 1. The third-order valence-electron chi connectivity index (χ3n) is 4.61. The van der Waals surface area contributed by atoms with E-state index in [0.717, 1.165) is 18.5 Å². The number of ether oxygens (including phenoxy) is 1. The number of hydrogen-bond acceptors (Lipinski definition) is 6. The maximum absolute atomic E-state index is 11.5. The van der Waals surface area contributed by atoms with E-state index in [2.05, 4.69) is 37.3 Å². The van der Waals surface area contributed by atoms with Gasteiger partial charge in [-0.05, 0) is 18.9 Å². The molecule has 3 N–H and O–H groups in total. The van der Waals surface area contributed by atoms with Crippen molar-refractivity contribution in [1.82, 2.24) is 30.0 Å². The highest BCUT2D eigenvalue weighted by Crippen LogP contribution is 2.34. The van der Waals surface area contributed by atoms with Gasteiger partial charge in [-0.2, -0.15) is 15.1 Å². The Balaban J connectivity index is 1.56. The fourth-order valence-corrected chi connectivity index (χ4v) is 3.54. The average Bonchev–Trinajstić information content (AvgIpc) is 3.37. The fourth-order valence-electron chi connectivity index (χ4n) is 3.32. The summed E-state index contributed by atoms with van der Waals surface area (Å²) in [6.45, 7) is 3.48. The Bertz CT molecular complexity index is 1030. The van der Waals surface area contributed by atoms with Crippen molar-refractivity contribution in [3.8, 4) is 5.88 Å². The van der Waals surface area contributed by atoms with E-state index < -0.39 is 0 Å². The van der Waals surface area contributed by atoms with E-state index in [4.69, 9.17) is 16.3 Å². The highest BCUT2D eigenvalue weighted by molar-refractivity contribution is 6.35. The standard InChI is InChI=1S/C18H20ClN7O2/c1-3-14(27)22-10-4-5-12(6-10)28-17-15-13(19)8-20-16(15)24-18(25-17)23-11-7-21-26(2)9-11/h3,7-10,12H,1,4-6H2,2H3,(H,22,27)(H2,20,23,24,25). The molecule has 3 heterocycles. The lowest BCUT2D eigenvalue weighted by atomic mass is 10.2. The molecule has 10 heteroatoms. The van der Waals surface area contributed by atoms with Crippen molar-refractivity contribution in [3.05, 3.63) is 36.3 Å². The van der Waals surface area contributed by atoms with Gasteiger partial charge in [0.1, 0.15) is 11.8 Å². The molecule has 0 radical (unpaired) electrons. The summed E-state index contributed by atoms with van der Waals surface area (Å²) in [5, 5.41) is 11.3. The van der Waals surface area contributed by atoms with Crippen LogP contribution in [0.3, 0.4) is 0 Å². The molecule has 9 nitrogen and oxygen atoms in total. The van der Waals surface area contributed by atoms with Gasteiger partial charge in [0.2, 0.25) is 17.7 Å². The average molecular weight is 402 g/mol. The van der Waals surface area contributed by atoms with Crippen LogP contribution in [0.25, 0.3) is 11.0 Å². The van der Waals surface area contributed by atoms with Gasteiger partial charge in [0.15, 0.2) is 0 Å². The van der Waals surface area contributed by atoms with Gasteiger partial charge in [0, 0.05) is 31.9 Å². The highest BCUT2D eigenvalue weighted by atomic mass is 35.5. The third kappa shape index (κ3) is 3.79. The van der Waals surface area contributed by atoms with E-state index in [9.17, 15) is 4.79 Å². The van der Waals surface area contributed by atoms with Crippen LogP contribution in [0.4, 0.5) is 11.6 Å². The van der Waals surface area contributed by atoms with Crippen molar-refractivity contribution in [3.63, 3.8) is 0 Å². The molecule has 0 saturated heterocycles. The topological polar surface area (TPSA) is 110 Å². The van der Waals surface area contributed by atoms with Crippen LogP contribution in [0, 0.1) is 0 Å². The van der Waals surface area contributed by atoms with E-state index in [1.54, 1.807) is 17.1 Å². The number of rotatable bonds is 6. The number of aryl methyl sites for hydroxylation is 1. The first-order valence-electron chi connectivity index (χ1n) is 8.91. The Labute approximate surface area is 166 Å². The fraction of sp³-hybridized carbons (Fsp3) is 0.333. The lowest BCUT2D eigenvalue weighted by Crippen LogP contribution is -2.32. The number of amides is 1.